The Morgan fingerprint density at radius 2 is 2.38 bits per heavy atom. The molecule has 1 N–H and O–H groups in total. The first-order chi connectivity index (χ1) is 3.81. The van der Waals surface area contributed by atoms with Gasteiger partial charge >= 0.3 is 0 Å². The highest BCUT2D eigenvalue weighted by Gasteiger charge is 2.00. The van der Waals surface area contributed by atoms with E-state index in [-0.39, 0.29) is 8.55 Å². The Labute approximate surface area is 58.1 Å². The van der Waals surface area contributed by atoms with Gasteiger partial charge in [-0.25, -0.2) is 0 Å². The lowest BCUT2D eigenvalue weighted by Gasteiger charge is -2.00. The second-order valence-corrected chi connectivity index (χ2v) is 17.5. The van der Waals surface area contributed by atoms with E-state index < -0.39 is 8.56 Å². The van der Waals surface area contributed by atoms with Crippen molar-refractivity contribution < 1.29 is 4.80 Å². The van der Waals surface area contributed by atoms with Gasteiger partial charge in [0.1, 0.15) is 8.56 Å². The lowest BCUT2D eigenvalue weighted by Crippen LogP contribution is -2.21. The summed E-state index contributed by atoms with van der Waals surface area (Å²) in [5.74, 6) is 0. The molecule has 50 valence electrons. The van der Waals surface area contributed by atoms with Crippen molar-refractivity contribution >= 4 is 26.9 Å². The molecule has 0 fully saturated rings. The molecule has 0 saturated heterocycles. The first-order valence-electron chi connectivity index (χ1n) is 3.49. The zero-order valence-corrected chi connectivity index (χ0v) is 10.4. The highest BCUT2D eigenvalue weighted by molar-refractivity contribution is 7.28. The molecule has 1 unspecified atom stereocenters. The van der Waals surface area contributed by atoms with Crippen molar-refractivity contribution in [2.24, 2.45) is 0 Å². The zero-order valence-electron chi connectivity index (χ0n) is 5.85. The highest BCUT2D eigenvalue weighted by Crippen LogP contribution is 1.95. The molecular formula is C4H16OSi3. The van der Waals surface area contributed by atoms with Crippen molar-refractivity contribution in [3.05, 3.63) is 0 Å². The molecular weight excluding hydrogens is 148 g/mol. The summed E-state index contributed by atoms with van der Waals surface area (Å²) in [6.07, 6.45) is 2.54. The second-order valence-electron chi connectivity index (χ2n) is 2.20. The maximum Gasteiger partial charge on any atom is 0.150 e. The Bertz CT molecular complexity index is 50.5. The average Bonchev–Trinajstić information content (AvgIpc) is 1.83. The van der Waals surface area contributed by atoms with Crippen molar-refractivity contribution in [2.45, 2.75) is 25.8 Å². The number of hydrogen-bond donors (Lipinski definition) is 1. The van der Waals surface area contributed by atoms with Gasteiger partial charge < -0.3 is 4.80 Å². The topological polar surface area (TPSA) is 20.2 Å². The van der Waals surface area contributed by atoms with Crippen LogP contribution < -0.4 is 0 Å². The highest BCUT2D eigenvalue weighted by atomic mass is 29.5. The Kier molecular flexibility index (Phi) is 6.18. The van der Waals surface area contributed by atoms with Gasteiger partial charge in [0.25, 0.3) is 0 Å². The van der Waals surface area contributed by atoms with E-state index >= 15 is 0 Å². The van der Waals surface area contributed by atoms with E-state index in [1.807, 2.05) is 0 Å². The molecule has 0 aliphatic carbocycles. The first kappa shape index (κ1) is 8.61. The van der Waals surface area contributed by atoms with Gasteiger partial charge in [0.05, 0.1) is 0 Å². The average molecular weight is 164 g/mol. The van der Waals surface area contributed by atoms with Crippen molar-refractivity contribution in [1.29, 1.82) is 0 Å². The summed E-state index contributed by atoms with van der Waals surface area (Å²) in [6.45, 7) is 2.19. The van der Waals surface area contributed by atoms with E-state index in [4.69, 9.17) is 0 Å². The second kappa shape index (κ2) is 5.74. The molecule has 4 heteroatoms. The van der Waals surface area contributed by atoms with Crippen molar-refractivity contribution in [3.8, 4) is 0 Å². The Morgan fingerprint density at radius 3 is 2.75 bits per heavy atom. The van der Waals surface area contributed by atoms with Gasteiger partial charge in [-0.1, -0.05) is 19.8 Å². The van der Waals surface area contributed by atoms with E-state index in [2.05, 4.69) is 6.92 Å². The fourth-order valence-corrected chi connectivity index (χ4v) is 7.70. The molecule has 0 amide bonds. The van der Waals surface area contributed by atoms with Crippen LogP contribution in [0.4, 0.5) is 0 Å². The summed E-state index contributed by atoms with van der Waals surface area (Å²) in [5, 5.41) is 0. The lowest BCUT2D eigenvalue weighted by molar-refractivity contribution is 0.585. The van der Waals surface area contributed by atoms with Crippen molar-refractivity contribution in [2.75, 3.05) is 0 Å². The standard InChI is InChI=1S/C4H16OSi3/c1-2-3-4-8(5)7-6/h5,8H,2-4,7H2,1,6H3. The molecule has 1 atom stereocenters. The third-order valence-electron chi connectivity index (χ3n) is 1.36. The maximum atomic E-state index is 9.22. The van der Waals surface area contributed by atoms with Crippen LogP contribution in [0.3, 0.4) is 0 Å². The predicted molar refractivity (Wildman–Crippen MR) is 47.6 cm³/mol. The molecule has 8 heavy (non-hydrogen) atoms. The molecule has 0 aromatic carbocycles. The Morgan fingerprint density at radius 1 is 1.75 bits per heavy atom. The van der Waals surface area contributed by atoms with Gasteiger partial charge in [0, 0.05) is 8.55 Å². The Balaban J connectivity index is 2.86. The van der Waals surface area contributed by atoms with Gasteiger partial charge in [0.15, 0.2) is 0 Å². The van der Waals surface area contributed by atoms with E-state index in [9.17, 15) is 4.80 Å². The molecule has 0 aliphatic heterocycles. The summed E-state index contributed by atoms with van der Waals surface area (Å²) in [6, 6.07) is 1.21. The van der Waals surface area contributed by atoms with E-state index in [1.54, 1.807) is 0 Å². The normalized spacial score (nSPS) is 15.8. The van der Waals surface area contributed by atoms with Crippen LogP contribution in [0.2, 0.25) is 6.04 Å². The summed E-state index contributed by atoms with van der Waals surface area (Å²) in [5.41, 5.74) is 0. The minimum atomic E-state index is -0.998. The molecule has 1 nitrogen and oxygen atoms in total. The summed E-state index contributed by atoms with van der Waals surface area (Å²) < 4.78 is 0. The zero-order chi connectivity index (χ0) is 6.41. The molecule has 0 radical (unpaired) electrons. The lowest BCUT2D eigenvalue weighted by atomic mass is 10.4. The van der Waals surface area contributed by atoms with E-state index in [0.29, 0.717) is 0 Å². The molecule has 0 spiro atoms. The predicted octanol–water partition coefficient (Wildman–Crippen LogP) is -1.55. The van der Waals surface area contributed by atoms with Crippen molar-refractivity contribution in [3.63, 3.8) is 0 Å². The molecule has 0 heterocycles. The van der Waals surface area contributed by atoms with Gasteiger partial charge in [-0.05, 0) is 15.8 Å². The molecule has 0 aromatic rings. The maximum absolute atomic E-state index is 9.22. The minimum absolute atomic E-state index is 0.151. The van der Waals surface area contributed by atoms with Gasteiger partial charge in [-0.15, -0.1) is 0 Å². The summed E-state index contributed by atoms with van der Waals surface area (Å²) in [7, 11) is 0.493. The third-order valence-corrected chi connectivity index (χ3v) is 15.9. The monoisotopic (exact) mass is 164 g/mol. The van der Waals surface area contributed by atoms with E-state index in [0.717, 1.165) is 0 Å². The van der Waals surface area contributed by atoms with Crippen LogP contribution in [0.5, 0.6) is 0 Å². The molecule has 0 bridgehead atoms. The smallest absolute Gasteiger partial charge is 0.150 e. The summed E-state index contributed by atoms with van der Waals surface area (Å²) in [4.78, 5) is 9.22. The fraction of sp³-hybridized carbons (Fsp3) is 1.00. The van der Waals surface area contributed by atoms with Crippen LogP contribution in [0.25, 0.3) is 0 Å². The van der Waals surface area contributed by atoms with Crippen LogP contribution in [0.1, 0.15) is 19.8 Å². The van der Waals surface area contributed by atoms with E-state index in [1.165, 1.54) is 28.6 Å². The van der Waals surface area contributed by atoms with Crippen LogP contribution in [-0.2, 0) is 0 Å². The third kappa shape index (κ3) is 4.76. The number of unbranched alkanes of at least 4 members (excludes halogenated alkanes) is 1. The number of hydrogen-bond acceptors (Lipinski definition) is 1. The van der Waals surface area contributed by atoms with Crippen LogP contribution >= 0.6 is 0 Å². The van der Waals surface area contributed by atoms with Crippen LogP contribution in [0, 0.1) is 0 Å². The Hall–Kier alpha value is 0.611. The fourth-order valence-electron chi connectivity index (χ4n) is 0.644. The quantitative estimate of drug-likeness (QED) is 0.499. The van der Waals surface area contributed by atoms with Crippen LogP contribution in [-0.4, -0.2) is 31.7 Å². The molecule has 0 rings (SSSR count). The first-order valence-corrected chi connectivity index (χ1v) is 13.7. The van der Waals surface area contributed by atoms with Gasteiger partial charge in [0.2, 0.25) is 0 Å². The molecule has 0 aromatic heterocycles. The van der Waals surface area contributed by atoms with Gasteiger partial charge in [-0.2, -0.15) is 0 Å². The molecule has 0 aliphatic rings. The largest absolute Gasteiger partial charge is 0.439 e. The molecule has 0 saturated carbocycles. The minimum Gasteiger partial charge on any atom is -0.439 e. The SMILES string of the molecule is CCCC[SiH](O)[SiH2][SiH3]. The summed E-state index contributed by atoms with van der Waals surface area (Å²) >= 11 is 0. The van der Waals surface area contributed by atoms with Gasteiger partial charge in [-0.3, -0.25) is 0 Å². The van der Waals surface area contributed by atoms with Crippen molar-refractivity contribution in [1.82, 2.24) is 0 Å². The number of rotatable bonds is 4. The van der Waals surface area contributed by atoms with Crippen LogP contribution in [0.15, 0.2) is 0 Å².